The summed E-state index contributed by atoms with van der Waals surface area (Å²) in [5.41, 5.74) is 1.10. The molecule has 0 bridgehead atoms. The van der Waals surface area contributed by atoms with E-state index >= 15 is 0 Å². The summed E-state index contributed by atoms with van der Waals surface area (Å²) in [5, 5.41) is 8.81. The van der Waals surface area contributed by atoms with Crippen LogP contribution >= 0.6 is 0 Å². The summed E-state index contributed by atoms with van der Waals surface area (Å²) in [5.74, 6) is 0.659. The maximum absolute atomic E-state index is 12.4. The second-order valence-corrected chi connectivity index (χ2v) is 5.60. The highest BCUT2D eigenvalue weighted by Crippen LogP contribution is 2.24. The molecule has 1 aliphatic heterocycles. The third kappa shape index (κ3) is 3.65. The van der Waals surface area contributed by atoms with Crippen LogP contribution in [0.2, 0.25) is 0 Å². The highest BCUT2D eigenvalue weighted by molar-refractivity contribution is 5.91. The van der Waals surface area contributed by atoms with Gasteiger partial charge in [-0.2, -0.15) is 0 Å². The van der Waals surface area contributed by atoms with Crippen LogP contribution in [0.3, 0.4) is 0 Å². The van der Waals surface area contributed by atoms with Gasteiger partial charge < -0.3 is 14.4 Å². The van der Waals surface area contributed by atoms with Gasteiger partial charge >= 0.3 is 5.97 Å². The minimum atomic E-state index is -0.758. The number of amides is 1. The van der Waals surface area contributed by atoms with E-state index in [4.69, 9.17) is 9.52 Å². The summed E-state index contributed by atoms with van der Waals surface area (Å²) in [4.78, 5) is 24.9. The van der Waals surface area contributed by atoms with Gasteiger partial charge in [-0.1, -0.05) is 13.8 Å². The van der Waals surface area contributed by atoms with Crippen LogP contribution in [0.15, 0.2) is 10.5 Å². The fraction of sp³-hybridized carbons (Fsp3) is 0.625. The molecule has 0 atom stereocenters. The predicted octanol–water partition coefficient (Wildman–Crippen LogP) is 2.73. The molecule has 2 rings (SSSR count). The van der Waals surface area contributed by atoms with E-state index in [-0.39, 0.29) is 18.2 Å². The number of carbonyl (C=O) groups excluding carboxylic acids is 1. The lowest BCUT2D eigenvalue weighted by atomic mass is 9.93. The van der Waals surface area contributed by atoms with Crippen molar-refractivity contribution in [2.45, 2.75) is 46.0 Å². The van der Waals surface area contributed by atoms with E-state index in [9.17, 15) is 9.59 Å². The minimum Gasteiger partial charge on any atom is -0.481 e. The highest BCUT2D eigenvalue weighted by atomic mass is 16.4. The molecule has 0 aromatic carbocycles. The Morgan fingerprint density at radius 1 is 1.29 bits per heavy atom. The van der Waals surface area contributed by atoms with E-state index < -0.39 is 5.97 Å². The summed E-state index contributed by atoms with van der Waals surface area (Å²) < 4.78 is 5.68. The van der Waals surface area contributed by atoms with Gasteiger partial charge in [0.1, 0.15) is 5.76 Å². The topological polar surface area (TPSA) is 70.8 Å². The third-order valence-corrected chi connectivity index (χ3v) is 4.17. The number of furan rings is 1. The molecule has 0 aliphatic carbocycles. The molecule has 116 valence electrons. The number of carboxylic acid groups (broad SMARTS) is 1. The normalized spacial score (nSPS) is 16.2. The quantitative estimate of drug-likeness (QED) is 0.906. The molecule has 1 aromatic rings. The Bertz CT molecular complexity index is 491. The van der Waals surface area contributed by atoms with Crippen molar-refractivity contribution in [1.29, 1.82) is 0 Å². The van der Waals surface area contributed by atoms with E-state index in [1.807, 2.05) is 13.0 Å². The van der Waals surface area contributed by atoms with Gasteiger partial charge in [0, 0.05) is 25.9 Å². The molecule has 0 spiro atoms. The summed E-state index contributed by atoms with van der Waals surface area (Å²) in [7, 11) is 0. The van der Waals surface area contributed by atoms with Crippen molar-refractivity contribution in [2.24, 2.45) is 5.92 Å². The molecule has 5 nitrogen and oxygen atoms in total. The summed E-state index contributed by atoms with van der Waals surface area (Å²) in [6.45, 7) is 5.29. The second-order valence-electron chi connectivity index (χ2n) is 5.60. The van der Waals surface area contributed by atoms with Crippen LogP contribution in [-0.4, -0.2) is 35.0 Å². The lowest BCUT2D eigenvalue weighted by Gasteiger charge is -2.30. The van der Waals surface area contributed by atoms with Crippen LogP contribution in [0.1, 0.15) is 55.0 Å². The number of rotatable bonds is 5. The van der Waals surface area contributed by atoms with Gasteiger partial charge in [-0.25, -0.2) is 0 Å². The van der Waals surface area contributed by atoms with Gasteiger partial charge in [-0.3, -0.25) is 9.59 Å². The molecule has 1 saturated heterocycles. The van der Waals surface area contributed by atoms with E-state index in [1.165, 1.54) is 0 Å². The third-order valence-electron chi connectivity index (χ3n) is 4.17. The Balaban J connectivity index is 1.98. The minimum absolute atomic E-state index is 0.0711. The number of aryl methyl sites for hydroxylation is 2. The Hall–Kier alpha value is -1.78. The number of piperidine rings is 1. The molecule has 1 aromatic heterocycles. The first-order chi connectivity index (χ1) is 10.0. The number of likely N-dealkylation sites (tertiary alicyclic amines) is 1. The number of nitrogens with zero attached hydrogens (tertiary/aromatic N) is 1. The first-order valence-corrected chi connectivity index (χ1v) is 7.67. The fourth-order valence-corrected chi connectivity index (χ4v) is 2.91. The van der Waals surface area contributed by atoms with Gasteiger partial charge in [0.05, 0.1) is 0 Å². The van der Waals surface area contributed by atoms with Crippen LogP contribution in [0.5, 0.6) is 0 Å². The Kier molecular flexibility index (Phi) is 5.04. The Morgan fingerprint density at radius 2 is 1.95 bits per heavy atom. The molecule has 1 amide bonds. The van der Waals surface area contributed by atoms with Crippen LogP contribution in [0.4, 0.5) is 0 Å². The van der Waals surface area contributed by atoms with Crippen molar-refractivity contribution in [3.05, 3.63) is 23.2 Å². The largest absolute Gasteiger partial charge is 0.481 e. The second kappa shape index (κ2) is 6.78. The summed E-state index contributed by atoms with van der Waals surface area (Å²) >= 11 is 0. The number of hydrogen-bond donors (Lipinski definition) is 1. The summed E-state index contributed by atoms with van der Waals surface area (Å²) in [6, 6.07) is 1.85. The molecule has 0 saturated carbocycles. The lowest BCUT2D eigenvalue weighted by molar-refractivity contribution is -0.138. The molecule has 5 heteroatoms. The van der Waals surface area contributed by atoms with E-state index in [0.29, 0.717) is 18.8 Å². The zero-order chi connectivity index (χ0) is 15.4. The molecule has 0 unspecified atom stereocenters. The van der Waals surface area contributed by atoms with Crippen LogP contribution in [0.25, 0.3) is 0 Å². The average Bonchev–Trinajstić information content (AvgIpc) is 2.90. The van der Waals surface area contributed by atoms with Crippen LogP contribution in [0, 0.1) is 5.92 Å². The van der Waals surface area contributed by atoms with Crippen LogP contribution < -0.4 is 0 Å². The van der Waals surface area contributed by atoms with Gasteiger partial charge in [0.15, 0.2) is 5.76 Å². The first kappa shape index (κ1) is 15.6. The zero-order valence-electron chi connectivity index (χ0n) is 12.7. The molecule has 1 aliphatic rings. The average molecular weight is 293 g/mol. The van der Waals surface area contributed by atoms with Crippen molar-refractivity contribution in [3.8, 4) is 0 Å². The highest BCUT2D eigenvalue weighted by Gasteiger charge is 2.27. The molecule has 21 heavy (non-hydrogen) atoms. The smallest absolute Gasteiger partial charge is 0.303 e. The number of aliphatic carboxylic acids is 1. The van der Waals surface area contributed by atoms with Crippen molar-refractivity contribution in [3.63, 3.8) is 0 Å². The predicted molar refractivity (Wildman–Crippen MR) is 78.3 cm³/mol. The van der Waals surface area contributed by atoms with Gasteiger partial charge in [-0.15, -0.1) is 0 Å². The van der Waals surface area contributed by atoms with E-state index in [1.54, 1.807) is 4.90 Å². The standard InChI is InChI=1S/C16H23NO4/c1-3-12-10-14(21-13(12)4-2)16(20)17-7-5-11(6-8-17)9-15(18)19/h10-11H,3-9H2,1-2H3,(H,18,19). The van der Waals surface area contributed by atoms with Gasteiger partial charge in [0.25, 0.3) is 5.91 Å². The summed E-state index contributed by atoms with van der Waals surface area (Å²) in [6.07, 6.45) is 3.35. The SMILES string of the molecule is CCc1cc(C(=O)N2CCC(CC(=O)O)CC2)oc1CC. The number of carboxylic acids is 1. The van der Waals surface area contributed by atoms with E-state index in [2.05, 4.69) is 6.92 Å². The van der Waals surface area contributed by atoms with Crippen molar-refractivity contribution >= 4 is 11.9 Å². The van der Waals surface area contributed by atoms with Crippen LogP contribution in [-0.2, 0) is 17.6 Å². The maximum Gasteiger partial charge on any atom is 0.303 e. The Morgan fingerprint density at radius 3 is 2.43 bits per heavy atom. The Labute approximate surface area is 124 Å². The first-order valence-electron chi connectivity index (χ1n) is 7.67. The van der Waals surface area contributed by atoms with Gasteiger partial charge in [-0.05, 0) is 36.8 Å². The van der Waals surface area contributed by atoms with E-state index in [0.717, 1.165) is 37.0 Å². The zero-order valence-corrected chi connectivity index (χ0v) is 12.7. The van der Waals surface area contributed by atoms with Gasteiger partial charge in [0.2, 0.25) is 0 Å². The lowest BCUT2D eigenvalue weighted by Crippen LogP contribution is -2.38. The molecular weight excluding hydrogens is 270 g/mol. The molecule has 1 N–H and O–H groups in total. The monoisotopic (exact) mass is 293 g/mol. The fourth-order valence-electron chi connectivity index (χ4n) is 2.91. The van der Waals surface area contributed by atoms with Crippen molar-refractivity contribution in [2.75, 3.05) is 13.1 Å². The maximum atomic E-state index is 12.4. The number of carbonyl (C=O) groups is 2. The molecular formula is C16H23NO4. The van der Waals surface area contributed by atoms with Crippen molar-refractivity contribution < 1.29 is 19.1 Å². The van der Waals surface area contributed by atoms with Crippen molar-refractivity contribution in [1.82, 2.24) is 4.90 Å². The molecule has 1 fully saturated rings. The number of hydrogen-bond acceptors (Lipinski definition) is 3. The molecule has 2 heterocycles. The molecule has 0 radical (unpaired) electrons.